The second-order valence-corrected chi connectivity index (χ2v) is 3.81. The molecule has 2 rings (SSSR count). The number of nitrogens with zero attached hydrogens (tertiary/aromatic N) is 1. The molecule has 0 unspecified atom stereocenters. The molecule has 1 aromatic heterocycles. The predicted octanol–water partition coefficient (Wildman–Crippen LogP) is 2.22. The van der Waals surface area contributed by atoms with E-state index in [0.29, 0.717) is 0 Å². The zero-order valence-electron chi connectivity index (χ0n) is 8.90. The molecule has 1 fully saturated rings. The lowest BCUT2D eigenvalue weighted by Crippen LogP contribution is -2.25. The first-order valence-corrected chi connectivity index (χ1v) is 5.29. The van der Waals surface area contributed by atoms with Crippen LogP contribution < -0.4 is 0 Å². The van der Waals surface area contributed by atoms with Crippen LogP contribution in [-0.4, -0.2) is 23.9 Å². The van der Waals surface area contributed by atoms with E-state index in [-0.39, 0.29) is 5.91 Å². The van der Waals surface area contributed by atoms with Gasteiger partial charge in [-0.05, 0) is 38.0 Å². The number of aryl methyl sites for hydroxylation is 1. The molecule has 3 heteroatoms. The summed E-state index contributed by atoms with van der Waals surface area (Å²) in [6.07, 6.45) is 5.57. The van der Waals surface area contributed by atoms with Crippen LogP contribution in [0.5, 0.6) is 0 Å². The van der Waals surface area contributed by atoms with Crippen LogP contribution in [-0.2, 0) is 4.79 Å². The molecule has 1 amide bonds. The number of amides is 1. The zero-order chi connectivity index (χ0) is 10.7. The fraction of sp³-hybridized carbons (Fsp3) is 0.417. The van der Waals surface area contributed by atoms with Crippen LogP contribution in [0.25, 0.3) is 6.08 Å². The van der Waals surface area contributed by atoms with Gasteiger partial charge >= 0.3 is 0 Å². The lowest BCUT2D eigenvalue weighted by Gasteiger charge is -2.11. The number of carbonyl (C=O) groups excluding carboxylic acids is 1. The molecule has 0 saturated carbocycles. The molecule has 2 heterocycles. The second kappa shape index (κ2) is 4.34. The van der Waals surface area contributed by atoms with Crippen LogP contribution in [0, 0.1) is 6.92 Å². The highest BCUT2D eigenvalue weighted by Gasteiger charge is 2.14. The first-order valence-electron chi connectivity index (χ1n) is 5.29. The maximum absolute atomic E-state index is 11.6. The van der Waals surface area contributed by atoms with E-state index in [2.05, 4.69) is 0 Å². The van der Waals surface area contributed by atoms with Crippen LogP contribution in [0.2, 0.25) is 0 Å². The van der Waals surface area contributed by atoms with Crippen molar-refractivity contribution in [3.63, 3.8) is 0 Å². The van der Waals surface area contributed by atoms with Crippen molar-refractivity contribution in [2.75, 3.05) is 13.1 Å². The van der Waals surface area contributed by atoms with Crippen molar-refractivity contribution in [2.24, 2.45) is 0 Å². The van der Waals surface area contributed by atoms with Crippen molar-refractivity contribution in [3.05, 3.63) is 29.7 Å². The summed E-state index contributed by atoms with van der Waals surface area (Å²) in [6.45, 7) is 3.67. The van der Waals surface area contributed by atoms with Crippen LogP contribution >= 0.6 is 0 Å². The van der Waals surface area contributed by atoms with Crippen molar-refractivity contribution in [1.29, 1.82) is 0 Å². The Kier molecular flexibility index (Phi) is 2.90. The third-order valence-corrected chi connectivity index (χ3v) is 2.57. The smallest absolute Gasteiger partial charge is 0.246 e. The molecular formula is C12H15NO2. The summed E-state index contributed by atoms with van der Waals surface area (Å²) in [5, 5.41) is 0. The molecule has 1 aromatic rings. The highest BCUT2D eigenvalue weighted by molar-refractivity contribution is 5.91. The van der Waals surface area contributed by atoms with Gasteiger partial charge in [0.15, 0.2) is 0 Å². The molecule has 0 atom stereocenters. The zero-order valence-corrected chi connectivity index (χ0v) is 8.90. The minimum absolute atomic E-state index is 0.0848. The Bertz CT molecular complexity index is 373. The summed E-state index contributed by atoms with van der Waals surface area (Å²) < 4.78 is 5.34. The summed E-state index contributed by atoms with van der Waals surface area (Å²) in [4.78, 5) is 13.5. The molecular weight excluding hydrogens is 190 g/mol. The van der Waals surface area contributed by atoms with Gasteiger partial charge in [-0.3, -0.25) is 4.79 Å². The van der Waals surface area contributed by atoms with Gasteiger partial charge in [0, 0.05) is 19.2 Å². The van der Waals surface area contributed by atoms with E-state index in [4.69, 9.17) is 4.42 Å². The van der Waals surface area contributed by atoms with Crippen molar-refractivity contribution in [3.8, 4) is 0 Å². The van der Waals surface area contributed by atoms with Gasteiger partial charge in [-0.15, -0.1) is 0 Å². The third kappa shape index (κ3) is 2.49. The number of hydrogen-bond acceptors (Lipinski definition) is 2. The number of carbonyl (C=O) groups is 1. The Morgan fingerprint density at radius 1 is 1.40 bits per heavy atom. The van der Waals surface area contributed by atoms with Crippen molar-refractivity contribution in [2.45, 2.75) is 19.8 Å². The highest BCUT2D eigenvalue weighted by atomic mass is 16.3. The molecule has 1 saturated heterocycles. The Morgan fingerprint density at radius 2 is 2.13 bits per heavy atom. The van der Waals surface area contributed by atoms with Crippen LogP contribution in [0.1, 0.15) is 24.4 Å². The number of furan rings is 1. The van der Waals surface area contributed by atoms with Crippen molar-refractivity contribution >= 4 is 12.0 Å². The molecule has 0 N–H and O–H groups in total. The highest BCUT2D eigenvalue weighted by Crippen LogP contribution is 2.11. The predicted molar refractivity (Wildman–Crippen MR) is 58.3 cm³/mol. The molecule has 0 spiro atoms. The first kappa shape index (κ1) is 10.0. The number of likely N-dealkylation sites (tertiary alicyclic amines) is 1. The summed E-state index contributed by atoms with van der Waals surface area (Å²) in [7, 11) is 0. The Morgan fingerprint density at radius 3 is 2.73 bits per heavy atom. The topological polar surface area (TPSA) is 33.5 Å². The molecule has 80 valence electrons. The molecule has 0 bridgehead atoms. The van der Waals surface area contributed by atoms with Gasteiger partial charge in [0.2, 0.25) is 5.91 Å². The SMILES string of the molecule is Cc1ccc(/C=C/C(=O)N2CCCC2)o1. The maximum atomic E-state index is 11.6. The van der Waals surface area contributed by atoms with E-state index in [9.17, 15) is 4.79 Å². The van der Waals surface area contributed by atoms with Crippen LogP contribution in [0.3, 0.4) is 0 Å². The molecule has 0 aromatic carbocycles. The summed E-state index contributed by atoms with van der Waals surface area (Å²) in [5.74, 6) is 1.69. The van der Waals surface area contributed by atoms with Gasteiger partial charge in [-0.25, -0.2) is 0 Å². The molecule has 3 nitrogen and oxygen atoms in total. The van der Waals surface area contributed by atoms with E-state index in [1.165, 1.54) is 0 Å². The molecule has 1 aliphatic rings. The maximum Gasteiger partial charge on any atom is 0.246 e. The summed E-state index contributed by atoms with van der Waals surface area (Å²) in [5.41, 5.74) is 0. The number of rotatable bonds is 2. The Labute approximate surface area is 89.4 Å². The van der Waals surface area contributed by atoms with Gasteiger partial charge in [-0.2, -0.15) is 0 Å². The van der Waals surface area contributed by atoms with E-state index in [1.54, 1.807) is 12.2 Å². The van der Waals surface area contributed by atoms with E-state index >= 15 is 0 Å². The Balaban J connectivity index is 1.95. The van der Waals surface area contributed by atoms with Gasteiger partial charge in [-0.1, -0.05) is 0 Å². The quantitative estimate of drug-likeness (QED) is 0.694. The molecule has 15 heavy (non-hydrogen) atoms. The van der Waals surface area contributed by atoms with Gasteiger partial charge in [0.1, 0.15) is 11.5 Å². The molecule has 0 radical (unpaired) electrons. The minimum Gasteiger partial charge on any atom is -0.462 e. The number of hydrogen-bond donors (Lipinski definition) is 0. The molecule has 1 aliphatic heterocycles. The minimum atomic E-state index is 0.0848. The average molecular weight is 205 g/mol. The van der Waals surface area contributed by atoms with Gasteiger partial charge in [0.05, 0.1) is 0 Å². The van der Waals surface area contributed by atoms with Crippen LogP contribution in [0.15, 0.2) is 22.6 Å². The monoisotopic (exact) mass is 205 g/mol. The summed E-state index contributed by atoms with van der Waals surface area (Å²) >= 11 is 0. The largest absolute Gasteiger partial charge is 0.462 e. The Hall–Kier alpha value is -1.51. The van der Waals surface area contributed by atoms with Crippen molar-refractivity contribution < 1.29 is 9.21 Å². The third-order valence-electron chi connectivity index (χ3n) is 2.57. The average Bonchev–Trinajstić information content (AvgIpc) is 2.84. The summed E-state index contributed by atoms with van der Waals surface area (Å²) in [6, 6.07) is 3.75. The lowest BCUT2D eigenvalue weighted by atomic mass is 10.3. The van der Waals surface area contributed by atoms with E-state index < -0.39 is 0 Å². The van der Waals surface area contributed by atoms with Crippen LogP contribution in [0.4, 0.5) is 0 Å². The molecule has 0 aliphatic carbocycles. The normalized spacial score (nSPS) is 16.5. The van der Waals surface area contributed by atoms with Crippen molar-refractivity contribution in [1.82, 2.24) is 4.90 Å². The van der Waals surface area contributed by atoms with Gasteiger partial charge < -0.3 is 9.32 Å². The van der Waals surface area contributed by atoms with E-state index in [1.807, 2.05) is 24.0 Å². The van der Waals surface area contributed by atoms with Gasteiger partial charge in [0.25, 0.3) is 0 Å². The fourth-order valence-electron chi connectivity index (χ4n) is 1.74. The first-order chi connectivity index (χ1) is 7.25. The fourth-order valence-corrected chi connectivity index (χ4v) is 1.74. The standard InChI is InChI=1S/C12H15NO2/c1-10-4-5-11(15-10)6-7-12(14)13-8-2-3-9-13/h4-7H,2-3,8-9H2,1H3/b7-6+. The lowest BCUT2D eigenvalue weighted by molar-refractivity contribution is -0.124. The van der Waals surface area contributed by atoms with E-state index in [0.717, 1.165) is 37.5 Å². The second-order valence-electron chi connectivity index (χ2n) is 3.81.